The highest BCUT2D eigenvalue weighted by molar-refractivity contribution is 9.09. The first kappa shape index (κ1) is 11.4. The van der Waals surface area contributed by atoms with Gasteiger partial charge in [0.1, 0.15) is 5.78 Å². The molecule has 0 saturated carbocycles. The molecule has 0 spiro atoms. The van der Waals surface area contributed by atoms with Gasteiger partial charge in [-0.05, 0) is 25.3 Å². The zero-order valence-electron chi connectivity index (χ0n) is 8.37. The summed E-state index contributed by atoms with van der Waals surface area (Å²) in [5, 5.41) is 0.962. The fourth-order valence-electron chi connectivity index (χ4n) is 1.57. The van der Waals surface area contributed by atoms with Crippen molar-refractivity contribution in [1.82, 2.24) is 0 Å². The van der Waals surface area contributed by atoms with E-state index >= 15 is 0 Å². The Balaban J connectivity index is 2.73. The third kappa shape index (κ3) is 3.26. The van der Waals surface area contributed by atoms with Crippen LogP contribution in [0.15, 0.2) is 30.3 Å². The molecule has 1 rings (SSSR count). The fraction of sp³-hybridized carbons (Fsp3) is 0.417. The largest absolute Gasteiger partial charge is 0.299 e. The second-order valence-electron chi connectivity index (χ2n) is 3.41. The molecule has 76 valence electrons. The Hall–Kier alpha value is -0.630. The first-order chi connectivity index (χ1) is 6.75. The second kappa shape index (κ2) is 5.97. The lowest BCUT2D eigenvalue weighted by molar-refractivity contribution is -0.118. The van der Waals surface area contributed by atoms with E-state index in [9.17, 15) is 4.79 Å². The average molecular weight is 255 g/mol. The Morgan fingerprint density at radius 2 is 2.00 bits per heavy atom. The lowest BCUT2D eigenvalue weighted by Gasteiger charge is -2.12. The maximum atomic E-state index is 11.4. The fourth-order valence-corrected chi connectivity index (χ4v) is 1.90. The SMILES string of the molecule is CC(=O)C(CCCBr)c1ccccc1. The van der Waals surface area contributed by atoms with E-state index in [2.05, 4.69) is 15.9 Å². The molecule has 0 heterocycles. The van der Waals surface area contributed by atoms with Gasteiger partial charge in [0.15, 0.2) is 0 Å². The topological polar surface area (TPSA) is 17.1 Å². The summed E-state index contributed by atoms with van der Waals surface area (Å²) in [6, 6.07) is 10.0. The monoisotopic (exact) mass is 254 g/mol. The maximum Gasteiger partial charge on any atom is 0.137 e. The Labute approximate surface area is 93.7 Å². The van der Waals surface area contributed by atoms with Gasteiger partial charge >= 0.3 is 0 Å². The Kier molecular flexibility index (Phi) is 4.88. The number of carbonyl (C=O) groups excluding carboxylic acids is 1. The van der Waals surface area contributed by atoms with E-state index in [0.717, 1.165) is 23.7 Å². The van der Waals surface area contributed by atoms with Crippen molar-refractivity contribution in [2.24, 2.45) is 0 Å². The number of hydrogen-bond acceptors (Lipinski definition) is 1. The zero-order valence-corrected chi connectivity index (χ0v) is 9.96. The highest BCUT2D eigenvalue weighted by Crippen LogP contribution is 2.22. The van der Waals surface area contributed by atoms with Gasteiger partial charge in [-0.15, -0.1) is 0 Å². The molecule has 1 aromatic rings. The summed E-state index contributed by atoms with van der Waals surface area (Å²) in [5.41, 5.74) is 1.14. The Bertz CT molecular complexity index is 282. The predicted octanol–water partition coefficient (Wildman–Crippen LogP) is 3.53. The molecule has 1 atom stereocenters. The quantitative estimate of drug-likeness (QED) is 0.735. The maximum absolute atomic E-state index is 11.4. The molecule has 0 fully saturated rings. The van der Waals surface area contributed by atoms with Gasteiger partial charge in [0.2, 0.25) is 0 Å². The van der Waals surface area contributed by atoms with E-state index in [0.29, 0.717) is 0 Å². The predicted molar refractivity (Wildman–Crippen MR) is 62.9 cm³/mol. The van der Waals surface area contributed by atoms with Crippen molar-refractivity contribution in [2.45, 2.75) is 25.7 Å². The minimum absolute atomic E-state index is 0.0775. The van der Waals surface area contributed by atoms with Crippen LogP contribution in [0.5, 0.6) is 0 Å². The van der Waals surface area contributed by atoms with Crippen molar-refractivity contribution < 1.29 is 4.79 Å². The minimum Gasteiger partial charge on any atom is -0.299 e. The molecule has 1 aromatic carbocycles. The van der Waals surface area contributed by atoms with Crippen LogP contribution in [0.2, 0.25) is 0 Å². The number of halogens is 1. The molecular formula is C12H15BrO. The lowest BCUT2D eigenvalue weighted by atomic mass is 9.91. The molecule has 0 amide bonds. The van der Waals surface area contributed by atoms with Crippen LogP contribution in [0.4, 0.5) is 0 Å². The zero-order chi connectivity index (χ0) is 10.4. The van der Waals surface area contributed by atoms with Crippen LogP contribution < -0.4 is 0 Å². The molecule has 0 aliphatic rings. The van der Waals surface area contributed by atoms with Crippen molar-refractivity contribution in [3.63, 3.8) is 0 Å². The molecule has 2 heteroatoms. The highest BCUT2D eigenvalue weighted by Gasteiger charge is 2.15. The van der Waals surface area contributed by atoms with Crippen molar-refractivity contribution in [2.75, 3.05) is 5.33 Å². The molecule has 0 N–H and O–H groups in total. The van der Waals surface area contributed by atoms with E-state index in [1.54, 1.807) is 6.92 Å². The number of rotatable bonds is 5. The summed E-state index contributed by atoms with van der Waals surface area (Å²) in [5.74, 6) is 0.339. The van der Waals surface area contributed by atoms with Crippen LogP contribution in [0.3, 0.4) is 0 Å². The van der Waals surface area contributed by atoms with E-state index in [4.69, 9.17) is 0 Å². The normalized spacial score (nSPS) is 12.4. The van der Waals surface area contributed by atoms with E-state index < -0.39 is 0 Å². The third-order valence-electron chi connectivity index (χ3n) is 2.32. The molecule has 0 aromatic heterocycles. The van der Waals surface area contributed by atoms with Crippen molar-refractivity contribution in [3.05, 3.63) is 35.9 Å². The van der Waals surface area contributed by atoms with Crippen LogP contribution in [0.1, 0.15) is 31.2 Å². The summed E-state index contributed by atoms with van der Waals surface area (Å²) >= 11 is 3.39. The van der Waals surface area contributed by atoms with Gasteiger partial charge in [-0.1, -0.05) is 46.3 Å². The van der Waals surface area contributed by atoms with Crippen molar-refractivity contribution in [3.8, 4) is 0 Å². The summed E-state index contributed by atoms with van der Waals surface area (Å²) in [7, 11) is 0. The molecule has 0 bridgehead atoms. The summed E-state index contributed by atoms with van der Waals surface area (Å²) in [6.45, 7) is 1.67. The number of benzene rings is 1. The second-order valence-corrected chi connectivity index (χ2v) is 4.20. The first-order valence-corrected chi connectivity index (χ1v) is 5.99. The number of alkyl halides is 1. The molecule has 0 aliphatic heterocycles. The molecule has 14 heavy (non-hydrogen) atoms. The summed E-state index contributed by atoms with van der Waals surface area (Å²) in [4.78, 5) is 11.4. The first-order valence-electron chi connectivity index (χ1n) is 4.87. The molecular weight excluding hydrogens is 240 g/mol. The summed E-state index contributed by atoms with van der Waals surface area (Å²) in [6.07, 6.45) is 1.98. The lowest BCUT2D eigenvalue weighted by Crippen LogP contribution is -2.08. The smallest absolute Gasteiger partial charge is 0.137 e. The van der Waals surface area contributed by atoms with Gasteiger partial charge in [-0.2, -0.15) is 0 Å². The van der Waals surface area contributed by atoms with Crippen LogP contribution in [-0.4, -0.2) is 11.1 Å². The standard InChI is InChI=1S/C12H15BrO/c1-10(14)12(8-5-9-13)11-6-3-2-4-7-11/h2-4,6-7,12H,5,8-9H2,1H3. The Morgan fingerprint density at radius 1 is 1.36 bits per heavy atom. The molecule has 1 nitrogen and oxygen atoms in total. The number of hydrogen-bond donors (Lipinski definition) is 0. The van der Waals surface area contributed by atoms with Crippen LogP contribution >= 0.6 is 15.9 Å². The van der Waals surface area contributed by atoms with Crippen molar-refractivity contribution in [1.29, 1.82) is 0 Å². The molecule has 1 unspecified atom stereocenters. The van der Waals surface area contributed by atoms with Crippen LogP contribution in [0, 0.1) is 0 Å². The highest BCUT2D eigenvalue weighted by atomic mass is 79.9. The van der Waals surface area contributed by atoms with Gasteiger partial charge in [-0.25, -0.2) is 0 Å². The van der Waals surface area contributed by atoms with Gasteiger partial charge < -0.3 is 0 Å². The van der Waals surface area contributed by atoms with E-state index in [1.165, 1.54) is 0 Å². The molecule has 0 aliphatic carbocycles. The minimum atomic E-state index is 0.0775. The molecule has 0 radical (unpaired) electrons. The van der Waals surface area contributed by atoms with Gasteiger partial charge in [0.25, 0.3) is 0 Å². The van der Waals surface area contributed by atoms with Gasteiger partial charge in [0.05, 0.1) is 0 Å². The van der Waals surface area contributed by atoms with Crippen LogP contribution in [-0.2, 0) is 4.79 Å². The van der Waals surface area contributed by atoms with Crippen molar-refractivity contribution >= 4 is 21.7 Å². The van der Waals surface area contributed by atoms with Gasteiger partial charge in [-0.3, -0.25) is 4.79 Å². The van der Waals surface area contributed by atoms with E-state index in [-0.39, 0.29) is 11.7 Å². The number of ketones is 1. The number of Topliss-reactive ketones (excluding diaryl/α,β-unsaturated/α-hetero) is 1. The Morgan fingerprint density at radius 3 is 2.50 bits per heavy atom. The molecule has 0 saturated heterocycles. The number of carbonyl (C=O) groups is 1. The van der Waals surface area contributed by atoms with Crippen LogP contribution in [0.25, 0.3) is 0 Å². The third-order valence-corrected chi connectivity index (χ3v) is 2.88. The summed E-state index contributed by atoms with van der Waals surface area (Å²) < 4.78 is 0. The van der Waals surface area contributed by atoms with E-state index in [1.807, 2.05) is 30.3 Å². The average Bonchev–Trinajstić information content (AvgIpc) is 2.19. The van der Waals surface area contributed by atoms with Gasteiger partial charge in [0, 0.05) is 11.2 Å².